The summed E-state index contributed by atoms with van der Waals surface area (Å²) < 4.78 is 23.5. The number of hydrogen-bond donors (Lipinski definition) is 0. The molecule has 0 fully saturated rings. The van der Waals surface area contributed by atoms with Crippen molar-refractivity contribution in [1.29, 1.82) is 5.26 Å². The van der Waals surface area contributed by atoms with Gasteiger partial charge in [0.2, 0.25) is 0 Å². The number of benzene rings is 1. The molecule has 5 heteroatoms. The van der Waals surface area contributed by atoms with Gasteiger partial charge in [-0.2, -0.15) is 5.26 Å². The summed E-state index contributed by atoms with van der Waals surface area (Å²) in [6.45, 7) is 0. The van der Waals surface area contributed by atoms with Gasteiger partial charge in [-0.15, -0.1) is 0 Å². The van der Waals surface area contributed by atoms with Crippen LogP contribution in [0.2, 0.25) is 0 Å². The third-order valence-electron chi connectivity index (χ3n) is 2.78. The minimum Gasteiger partial charge on any atom is -0.283 e. The molecule has 0 unspecified atom stereocenters. The lowest BCUT2D eigenvalue weighted by Crippen LogP contribution is -2.17. The maximum atomic E-state index is 11.7. The Morgan fingerprint density at radius 2 is 2.19 bits per heavy atom. The first-order chi connectivity index (χ1) is 7.54. The zero-order valence-electron chi connectivity index (χ0n) is 8.97. The van der Waals surface area contributed by atoms with Crippen molar-refractivity contribution in [2.45, 2.75) is 17.7 Å². The van der Waals surface area contributed by atoms with Gasteiger partial charge in [-0.1, -0.05) is 0 Å². The van der Waals surface area contributed by atoms with Gasteiger partial charge in [0, 0.05) is 7.05 Å². The third kappa shape index (κ3) is 1.76. The topological polar surface area (TPSA) is 61.2 Å². The molecular weight excluding hydrogens is 224 g/mol. The molecule has 0 radical (unpaired) electrons. The minimum absolute atomic E-state index is 0.230. The molecule has 0 saturated carbocycles. The number of nitrogens with zero attached hydrogens (tertiary/aromatic N) is 2. The summed E-state index contributed by atoms with van der Waals surface area (Å²) >= 11 is 0. The van der Waals surface area contributed by atoms with E-state index in [-0.39, 0.29) is 5.75 Å². The van der Waals surface area contributed by atoms with Crippen LogP contribution in [0.4, 0.5) is 5.69 Å². The highest BCUT2D eigenvalue weighted by Gasteiger charge is 2.23. The monoisotopic (exact) mass is 236 g/mol. The third-order valence-corrected chi connectivity index (χ3v) is 4.67. The average Bonchev–Trinajstić information content (AvgIpc) is 2.27. The number of aryl methyl sites for hydroxylation is 1. The number of fused-ring (bicyclic) bond motifs is 1. The van der Waals surface area contributed by atoms with Crippen molar-refractivity contribution in [3.63, 3.8) is 0 Å². The van der Waals surface area contributed by atoms with Crippen LogP contribution in [0.3, 0.4) is 0 Å². The van der Waals surface area contributed by atoms with Gasteiger partial charge in [-0.25, -0.2) is 8.42 Å². The normalized spacial score (nSPS) is 17.2. The fourth-order valence-corrected chi connectivity index (χ4v) is 3.47. The summed E-state index contributed by atoms with van der Waals surface area (Å²) in [6.07, 6.45) is 3.42. The molecule has 0 amide bonds. The zero-order chi connectivity index (χ0) is 11.8. The van der Waals surface area contributed by atoms with Crippen LogP contribution in [-0.2, 0) is 16.3 Å². The first kappa shape index (κ1) is 11.0. The smallest absolute Gasteiger partial charge is 0.183 e. The first-order valence-corrected chi connectivity index (χ1v) is 6.69. The number of hydrogen-bond acceptors (Lipinski definition) is 4. The molecule has 0 atom stereocenters. The quantitative estimate of drug-likeness (QED) is 0.545. The van der Waals surface area contributed by atoms with Crippen LogP contribution in [0, 0.1) is 11.5 Å². The Balaban J connectivity index is 2.53. The fraction of sp³-hybridized carbons (Fsp3) is 0.364. The second kappa shape index (κ2) is 3.80. The van der Waals surface area contributed by atoms with Crippen LogP contribution in [0.15, 0.2) is 23.1 Å². The van der Waals surface area contributed by atoms with Gasteiger partial charge in [0.1, 0.15) is 0 Å². The van der Waals surface area contributed by atoms with E-state index in [1.54, 1.807) is 25.2 Å². The molecule has 0 aromatic heterocycles. The van der Waals surface area contributed by atoms with Crippen molar-refractivity contribution < 1.29 is 8.42 Å². The lowest BCUT2D eigenvalue weighted by Gasteiger charge is -2.18. The lowest BCUT2D eigenvalue weighted by molar-refractivity contribution is 0.586. The van der Waals surface area contributed by atoms with Gasteiger partial charge in [-0.05, 0) is 36.6 Å². The Bertz CT molecular complexity index is 558. The number of anilines is 1. The van der Waals surface area contributed by atoms with Gasteiger partial charge in [0.15, 0.2) is 16.0 Å². The lowest BCUT2D eigenvalue weighted by atomic mass is 10.1. The molecule has 1 aromatic rings. The Labute approximate surface area is 95.0 Å². The highest BCUT2D eigenvalue weighted by Crippen LogP contribution is 2.28. The van der Waals surface area contributed by atoms with E-state index in [4.69, 9.17) is 5.26 Å². The van der Waals surface area contributed by atoms with Gasteiger partial charge >= 0.3 is 0 Å². The standard InChI is InChI=1S/C11H12N2O2S/c1-13(8-12)10-4-5-11-9(7-10)3-2-6-16(11,14)15/h4-5,7H,2-3,6H2,1H3. The predicted molar refractivity (Wildman–Crippen MR) is 60.8 cm³/mol. The van der Waals surface area contributed by atoms with Gasteiger partial charge in [0.25, 0.3) is 0 Å². The van der Waals surface area contributed by atoms with Crippen LogP contribution in [0.5, 0.6) is 0 Å². The van der Waals surface area contributed by atoms with E-state index in [9.17, 15) is 8.42 Å². The summed E-state index contributed by atoms with van der Waals surface area (Å²) in [5.74, 6) is 0.230. The Morgan fingerprint density at radius 3 is 2.88 bits per heavy atom. The van der Waals surface area contributed by atoms with Crippen molar-refractivity contribution in [2.24, 2.45) is 0 Å². The molecule has 0 bridgehead atoms. The Hall–Kier alpha value is -1.54. The molecule has 0 saturated heterocycles. The minimum atomic E-state index is -3.09. The van der Waals surface area contributed by atoms with Crippen molar-refractivity contribution in [1.82, 2.24) is 0 Å². The molecule has 0 spiro atoms. The maximum absolute atomic E-state index is 11.7. The Morgan fingerprint density at radius 1 is 1.44 bits per heavy atom. The van der Waals surface area contributed by atoms with Crippen molar-refractivity contribution in [3.05, 3.63) is 23.8 Å². The summed E-state index contributed by atoms with van der Waals surface area (Å²) in [7, 11) is -1.44. The second-order valence-electron chi connectivity index (χ2n) is 3.87. The van der Waals surface area contributed by atoms with E-state index in [2.05, 4.69) is 0 Å². The predicted octanol–water partition coefficient (Wildman–Crippen LogP) is 1.32. The van der Waals surface area contributed by atoms with Gasteiger partial charge < -0.3 is 0 Å². The molecular formula is C11H12N2O2S. The van der Waals surface area contributed by atoms with E-state index in [1.807, 2.05) is 6.19 Å². The highest BCUT2D eigenvalue weighted by atomic mass is 32.2. The van der Waals surface area contributed by atoms with E-state index in [1.165, 1.54) is 4.90 Å². The van der Waals surface area contributed by atoms with Gasteiger partial charge in [0.05, 0.1) is 16.3 Å². The SMILES string of the molecule is CN(C#N)c1ccc2c(c1)CCCS2(=O)=O. The molecule has 1 heterocycles. The van der Waals surface area contributed by atoms with Gasteiger partial charge in [-0.3, -0.25) is 4.90 Å². The zero-order valence-corrected chi connectivity index (χ0v) is 9.79. The second-order valence-corrected chi connectivity index (χ2v) is 5.95. The first-order valence-electron chi connectivity index (χ1n) is 5.04. The largest absolute Gasteiger partial charge is 0.283 e. The Kier molecular flexibility index (Phi) is 2.60. The van der Waals surface area contributed by atoms with Crippen molar-refractivity contribution in [3.8, 4) is 6.19 Å². The van der Waals surface area contributed by atoms with Crippen molar-refractivity contribution >= 4 is 15.5 Å². The maximum Gasteiger partial charge on any atom is 0.183 e. The molecule has 2 rings (SSSR count). The van der Waals surface area contributed by atoms with E-state index in [0.29, 0.717) is 11.3 Å². The van der Waals surface area contributed by atoms with Crippen LogP contribution in [0.25, 0.3) is 0 Å². The fourth-order valence-electron chi connectivity index (χ4n) is 1.89. The molecule has 84 valence electrons. The summed E-state index contributed by atoms with van der Waals surface area (Å²) in [4.78, 5) is 1.84. The molecule has 0 aliphatic carbocycles. The van der Waals surface area contributed by atoms with Crippen LogP contribution in [0.1, 0.15) is 12.0 Å². The van der Waals surface area contributed by atoms with Crippen molar-refractivity contribution in [2.75, 3.05) is 17.7 Å². The summed E-state index contributed by atoms with van der Waals surface area (Å²) in [5, 5.41) is 8.75. The van der Waals surface area contributed by atoms with Crippen LogP contribution < -0.4 is 4.90 Å². The van der Waals surface area contributed by atoms with Crippen LogP contribution in [-0.4, -0.2) is 21.2 Å². The van der Waals surface area contributed by atoms with E-state index < -0.39 is 9.84 Å². The summed E-state index contributed by atoms with van der Waals surface area (Å²) in [5.41, 5.74) is 1.56. The molecule has 1 aromatic carbocycles. The number of rotatable bonds is 1. The van der Waals surface area contributed by atoms with E-state index in [0.717, 1.165) is 17.7 Å². The van der Waals surface area contributed by atoms with E-state index >= 15 is 0 Å². The number of nitriles is 1. The highest BCUT2D eigenvalue weighted by molar-refractivity contribution is 7.91. The molecule has 0 N–H and O–H groups in total. The molecule has 16 heavy (non-hydrogen) atoms. The molecule has 4 nitrogen and oxygen atoms in total. The molecule has 1 aliphatic rings. The average molecular weight is 236 g/mol. The number of sulfone groups is 1. The summed E-state index contributed by atoms with van der Waals surface area (Å²) in [6, 6.07) is 5.06. The molecule has 1 aliphatic heterocycles. The van der Waals surface area contributed by atoms with Crippen LogP contribution >= 0.6 is 0 Å².